The minimum atomic E-state index is -0.170. The summed E-state index contributed by atoms with van der Waals surface area (Å²) in [5.74, 6) is 4.93. The average molecular weight is 398 g/mol. The molecule has 0 aromatic heterocycles. The van der Waals surface area contributed by atoms with Gasteiger partial charge in [0, 0.05) is 19.3 Å². The van der Waals surface area contributed by atoms with Crippen LogP contribution in [-0.4, -0.2) is 19.5 Å². The van der Waals surface area contributed by atoms with Gasteiger partial charge in [-0.2, -0.15) is 0 Å². The Hall–Kier alpha value is -1.75. The van der Waals surface area contributed by atoms with Crippen molar-refractivity contribution >= 4 is 36.4 Å². The number of carbonyl (C=O) groups excluding carboxylic acids is 1. The molecule has 0 fully saturated rings. The molecule has 144 valence electrons. The molecule has 0 radical (unpaired) electrons. The minimum absolute atomic E-state index is 0. The molecule has 2 rings (SSSR count). The summed E-state index contributed by atoms with van der Waals surface area (Å²) in [6, 6.07) is 17.0. The normalized spacial score (nSPS) is 9.65. The van der Waals surface area contributed by atoms with Gasteiger partial charge in [0.2, 0.25) is 5.91 Å². The topological polar surface area (TPSA) is 58.4 Å². The second-order valence-electron chi connectivity index (χ2n) is 6.15. The molecule has 0 atom stereocenters. The predicted molar refractivity (Wildman–Crippen MR) is 114 cm³/mol. The molecule has 0 saturated carbocycles. The molecule has 4 nitrogen and oxygen atoms in total. The lowest BCUT2D eigenvalue weighted by molar-refractivity contribution is -0.120. The molecule has 0 bridgehead atoms. The van der Waals surface area contributed by atoms with E-state index in [1.54, 1.807) is 0 Å². The summed E-state index contributed by atoms with van der Waals surface area (Å²) >= 11 is 0. The smallest absolute Gasteiger partial charge is 0.238 e. The van der Waals surface area contributed by atoms with Crippen molar-refractivity contribution < 1.29 is 4.79 Å². The zero-order valence-electron chi connectivity index (χ0n) is 15.4. The first-order valence-corrected chi connectivity index (χ1v) is 8.49. The van der Waals surface area contributed by atoms with Gasteiger partial charge in [0.1, 0.15) is 0 Å². The molecule has 2 aromatic rings. The van der Waals surface area contributed by atoms with E-state index in [0.29, 0.717) is 6.42 Å². The first kappa shape index (κ1) is 24.2. The van der Waals surface area contributed by atoms with Crippen molar-refractivity contribution in [2.24, 2.45) is 5.84 Å². The zero-order chi connectivity index (χ0) is 17.4. The standard InChI is InChI=1S/C20H27N3O.2ClH/c1-3-14-23(2)19-12-10-17(11-13-19)5-4-16-6-8-18(9-7-16)15-20(24)22-21;;/h6-13H,3-5,14-15,21H2,1-2H3,(H,22,24);2*1H. The Morgan fingerprint density at radius 1 is 0.923 bits per heavy atom. The maximum Gasteiger partial charge on any atom is 0.238 e. The molecule has 1 amide bonds. The molecule has 0 aliphatic heterocycles. The fraction of sp³-hybridized carbons (Fsp3) is 0.350. The van der Waals surface area contributed by atoms with Crippen LogP contribution in [0, 0.1) is 0 Å². The molecular weight excluding hydrogens is 369 g/mol. The number of halogens is 2. The van der Waals surface area contributed by atoms with Crippen molar-refractivity contribution in [2.45, 2.75) is 32.6 Å². The van der Waals surface area contributed by atoms with Gasteiger partial charge in [0.05, 0.1) is 6.42 Å². The lowest BCUT2D eigenvalue weighted by Gasteiger charge is -2.18. The molecule has 0 spiro atoms. The fourth-order valence-electron chi connectivity index (χ4n) is 2.73. The van der Waals surface area contributed by atoms with Crippen LogP contribution in [0.2, 0.25) is 0 Å². The number of aryl methyl sites for hydroxylation is 2. The number of nitrogens with zero attached hydrogens (tertiary/aromatic N) is 1. The molecular formula is C20H29Cl2N3O. The summed E-state index contributed by atoms with van der Waals surface area (Å²) in [6.45, 7) is 3.27. The largest absolute Gasteiger partial charge is 0.375 e. The number of nitrogens with two attached hydrogens (primary N) is 1. The van der Waals surface area contributed by atoms with E-state index < -0.39 is 0 Å². The van der Waals surface area contributed by atoms with Crippen LogP contribution in [0.4, 0.5) is 5.69 Å². The van der Waals surface area contributed by atoms with E-state index in [0.717, 1.165) is 31.4 Å². The predicted octanol–water partition coefficient (Wildman–Crippen LogP) is 3.69. The van der Waals surface area contributed by atoms with E-state index >= 15 is 0 Å². The van der Waals surface area contributed by atoms with E-state index in [1.165, 1.54) is 16.8 Å². The highest BCUT2D eigenvalue weighted by molar-refractivity contribution is 5.85. The van der Waals surface area contributed by atoms with Gasteiger partial charge >= 0.3 is 0 Å². The quantitative estimate of drug-likeness (QED) is 0.405. The van der Waals surface area contributed by atoms with Crippen LogP contribution < -0.4 is 16.2 Å². The summed E-state index contributed by atoms with van der Waals surface area (Å²) in [6.07, 6.45) is 3.48. The van der Waals surface area contributed by atoms with E-state index in [4.69, 9.17) is 5.84 Å². The molecule has 0 saturated heterocycles. The van der Waals surface area contributed by atoms with Crippen LogP contribution in [0.1, 0.15) is 30.0 Å². The Balaban J connectivity index is 0.00000312. The van der Waals surface area contributed by atoms with Gasteiger partial charge in [-0.05, 0) is 48.1 Å². The van der Waals surface area contributed by atoms with Crippen LogP contribution in [0.5, 0.6) is 0 Å². The highest BCUT2D eigenvalue weighted by Gasteiger charge is 2.03. The summed E-state index contributed by atoms with van der Waals surface area (Å²) in [5.41, 5.74) is 7.02. The van der Waals surface area contributed by atoms with Crippen LogP contribution in [-0.2, 0) is 24.1 Å². The van der Waals surface area contributed by atoms with Crippen molar-refractivity contribution in [3.05, 3.63) is 65.2 Å². The van der Waals surface area contributed by atoms with Crippen LogP contribution in [0.25, 0.3) is 0 Å². The average Bonchev–Trinajstić information content (AvgIpc) is 2.61. The van der Waals surface area contributed by atoms with Gasteiger partial charge < -0.3 is 4.90 Å². The highest BCUT2D eigenvalue weighted by atomic mass is 35.5. The van der Waals surface area contributed by atoms with Crippen molar-refractivity contribution in [3.8, 4) is 0 Å². The zero-order valence-corrected chi connectivity index (χ0v) is 17.0. The van der Waals surface area contributed by atoms with Crippen LogP contribution in [0.3, 0.4) is 0 Å². The summed E-state index contributed by atoms with van der Waals surface area (Å²) in [4.78, 5) is 13.5. The van der Waals surface area contributed by atoms with Crippen molar-refractivity contribution in [1.82, 2.24) is 5.43 Å². The fourth-order valence-corrected chi connectivity index (χ4v) is 2.73. The monoisotopic (exact) mass is 397 g/mol. The number of hydrazine groups is 1. The second-order valence-corrected chi connectivity index (χ2v) is 6.15. The Kier molecular flexibility index (Phi) is 11.7. The van der Waals surface area contributed by atoms with E-state index in [9.17, 15) is 4.79 Å². The first-order valence-electron chi connectivity index (χ1n) is 8.49. The van der Waals surface area contributed by atoms with E-state index in [-0.39, 0.29) is 30.7 Å². The third kappa shape index (κ3) is 7.65. The Bertz CT molecular complexity index is 645. The molecule has 26 heavy (non-hydrogen) atoms. The van der Waals surface area contributed by atoms with Crippen LogP contribution in [0.15, 0.2) is 48.5 Å². The lowest BCUT2D eigenvalue weighted by atomic mass is 10.0. The summed E-state index contributed by atoms with van der Waals surface area (Å²) in [5, 5.41) is 0. The molecule has 6 heteroatoms. The summed E-state index contributed by atoms with van der Waals surface area (Å²) in [7, 11) is 2.13. The van der Waals surface area contributed by atoms with Crippen molar-refractivity contribution in [1.29, 1.82) is 0 Å². The van der Waals surface area contributed by atoms with Gasteiger partial charge in [0.15, 0.2) is 0 Å². The molecule has 2 aromatic carbocycles. The molecule has 0 unspecified atom stereocenters. The Morgan fingerprint density at radius 3 is 1.85 bits per heavy atom. The van der Waals surface area contributed by atoms with Gasteiger partial charge in [-0.25, -0.2) is 5.84 Å². The van der Waals surface area contributed by atoms with E-state index in [2.05, 4.69) is 60.7 Å². The first-order chi connectivity index (χ1) is 11.6. The van der Waals surface area contributed by atoms with Gasteiger partial charge in [-0.15, -0.1) is 24.8 Å². The SMILES string of the molecule is CCCN(C)c1ccc(CCc2ccc(CC(=O)NN)cc2)cc1.Cl.Cl. The maximum atomic E-state index is 11.3. The third-order valence-electron chi connectivity index (χ3n) is 4.19. The van der Waals surface area contributed by atoms with Gasteiger partial charge in [0.25, 0.3) is 0 Å². The summed E-state index contributed by atoms with van der Waals surface area (Å²) < 4.78 is 0. The third-order valence-corrected chi connectivity index (χ3v) is 4.19. The molecule has 0 heterocycles. The Labute approximate surface area is 168 Å². The molecule has 0 aliphatic rings. The highest BCUT2D eigenvalue weighted by Crippen LogP contribution is 2.16. The maximum absolute atomic E-state index is 11.3. The van der Waals surface area contributed by atoms with Crippen LogP contribution >= 0.6 is 24.8 Å². The van der Waals surface area contributed by atoms with Crippen molar-refractivity contribution in [2.75, 3.05) is 18.5 Å². The number of hydrogen-bond acceptors (Lipinski definition) is 3. The number of amides is 1. The van der Waals surface area contributed by atoms with Crippen molar-refractivity contribution in [3.63, 3.8) is 0 Å². The number of anilines is 1. The number of benzene rings is 2. The lowest BCUT2D eigenvalue weighted by Crippen LogP contribution is -2.31. The number of nitrogens with one attached hydrogen (secondary N) is 1. The number of rotatable bonds is 8. The minimum Gasteiger partial charge on any atom is -0.375 e. The Morgan fingerprint density at radius 2 is 1.38 bits per heavy atom. The number of hydrogen-bond donors (Lipinski definition) is 2. The number of carbonyl (C=O) groups is 1. The molecule has 0 aliphatic carbocycles. The van der Waals surface area contributed by atoms with E-state index in [1.807, 2.05) is 12.1 Å². The van der Waals surface area contributed by atoms with Gasteiger partial charge in [-0.3, -0.25) is 10.2 Å². The molecule has 3 N–H and O–H groups in total. The van der Waals surface area contributed by atoms with Gasteiger partial charge in [-0.1, -0.05) is 43.3 Å². The second kappa shape index (κ2) is 12.6.